The molecule has 1 saturated heterocycles. The molecule has 2 rings (SSSR count). The first-order valence-corrected chi connectivity index (χ1v) is 6.67. The number of ether oxygens (including phenoxy) is 1. The van der Waals surface area contributed by atoms with Gasteiger partial charge in [0.25, 0.3) is 0 Å². The minimum absolute atomic E-state index is 0.0227. The van der Waals surface area contributed by atoms with Gasteiger partial charge in [-0.2, -0.15) is 0 Å². The largest absolute Gasteiger partial charge is 0.454 e. The van der Waals surface area contributed by atoms with Crippen LogP contribution < -0.4 is 0 Å². The lowest BCUT2D eigenvalue weighted by molar-refractivity contribution is -0.147. The molecule has 0 radical (unpaired) electrons. The number of hydrogen-bond donors (Lipinski definition) is 0. The average molecular weight is 243 g/mol. The van der Waals surface area contributed by atoms with Gasteiger partial charge in [-0.15, -0.1) is 11.6 Å². The van der Waals surface area contributed by atoms with E-state index in [0.717, 1.165) is 25.7 Å². The summed E-state index contributed by atoms with van der Waals surface area (Å²) in [4.78, 5) is 11.5. The fourth-order valence-corrected chi connectivity index (χ4v) is 3.22. The van der Waals surface area contributed by atoms with Crippen molar-refractivity contribution < 1.29 is 9.53 Å². The first kappa shape index (κ1) is 12.0. The molecule has 2 atom stereocenters. The monoisotopic (exact) mass is 242 g/mol. The maximum absolute atomic E-state index is 11.5. The van der Waals surface area contributed by atoms with Crippen LogP contribution >= 0.6 is 11.6 Å². The Bertz CT molecular complexity index is 311. The van der Waals surface area contributed by atoms with E-state index in [1.807, 2.05) is 0 Å². The molecular weight excluding hydrogens is 224 g/mol. The summed E-state index contributed by atoms with van der Waals surface area (Å²) in [5.41, 5.74) is 0.935. The lowest BCUT2D eigenvalue weighted by Gasteiger charge is -2.38. The van der Waals surface area contributed by atoms with Crippen LogP contribution in [0.2, 0.25) is 0 Å². The van der Waals surface area contributed by atoms with Crippen LogP contribution in [0.1, 0.15) is 45.4 Å². The molecule has 0 spiro atoms. The fraction of sp³-hybridized carbons (Fsp3) is 0.769. The van der Waals surface area contributed by atoms with Gasteiger partial charge in [-0.05, 0) is 38.2 Å². The van der Waals surface area contributed by atoms with Crippen molar-refractivity contribution in [2.45, 2.75) is 51.0 Å². The maximum Gasteiger partial charge on any atom is 0.307 e. The van der Waals surface area contributed by atoms with Crippen LogP contribution in [0.3, 0.4) is 0 Å². The van der Waals surface area contributed by atoms with Crippen molar-refractivity contribution in [2.24, 2.45) is 5.92 Å². The lowest BCUT2D eigenvalue weighted by Crippen LogP contribution is -2.39. The van der Waals surface area contributed by atoms with Crippen LogP contribution in [0.4, 0.5) is 0 Å². The van der Waals surface area contributed by atoms with Gasteiger partial charge in [-0.25, -0.2) is 0 Å². The predicted molar refractivity (Wildman–Crippen MR) is 64.5 cm³/mol. The highest BCUT2D eigenvalue weighted by Gasteiger charge is 2.51. The van der Waals surface area contributed by atoms with E-state index in [4.69, 9.17) is 16.3 Å². The molecule has 0 aromatic heterocycles. The normalized spacial score (nSPS) is 34.8. The Kier molecular flexibility index (Phi) is 3.58. The van der Waals surface area contributed by atoms with E-state index in [9.17, 15) is 4.79 Å². The molecule has 3 heteroatoms. The molecule has 0 aromatic rings. The zero-order chi connectivity index (χ0) is 11.6. The van der Waals surface area contributed by atoms with Crippen molar-refractivity contribution in [3.05, 3.63) is 11.6 Å². The highest BCUT2D eigenvalue weighted by atomic mass is 35.5. The van der Waals surface area contributed by atoms with Crippen molar-refractivity contribution in [1.82, 2.24) is 0 Å². The maximum atomic E-state index is 11.5. The zero-order valence-corrected chi connectivity index (χ0v) is 10.6. The molecule has 0 aromatic carbocycles. The summed E-state index contributed by atoms with van der Waals surface area (Å²) >= 11 is 5.70. The van der Waals surface area contributed by atoms with Gasteiger partial charge in [0.15, 0.2) is 0 Å². The Morgan fingerprint density at radius 3 is 3.19 bits per heavy atom. The number of alkyl halides is 1. The van der Waals surface area contributed by atoms with Gasteiger partial charge < -0.3 is 4.74 Å². The van der Waals surface area contributed by atoms with Gasteiger partial charge in [-0.1, -0.05) is 12.5 Å². The average Bonchev–Trinajstić information content (AvgIpc) is 2.62. The summed E-state index contributed by atoms with van der Waals surface area (Å²) in [6, 6.07) is 0. The van der Waals surface area contributed by atoms with Crippen molar-refractivity contribution in [3.8, 4) is 0 Å². The molecule has 1 saturated carbocycles. The van der Waals surface area contributed by atoms with Crippen molar-refractivity contribution in [3.63, 3.8) is 0 Å². The first-order chi connectivity index (χ1) is 7.69. The predicted octanol–water partition coefficient (Wildman–Crippen LogP) is 3.44. The summed E-state index contributed by atoms with van der Waals surface area (Å²) in [6.07, 6.45) is 8.11. The minimum atomic E-state index is -0.276. The molecule has 2 fully saturated rings. The van der Waals surface area contributed by atoms with E-state index in [1.165, 1.54) is 12.0 Å². The van der Waals surface area contributed by atoms with Crippen LogP contribution in [0.5, 0.6) is 0 Å². The molecule has 0 N–H and O–H groups in total. The van der Waals surface area contributed by atoms with E-state index >= 15 is 0 Å². The number of halogens is 1. The van der Waals surface area contributed by atoms with Gasteiger partial charge in [0.05, 0.1) is 6.42 Å². The summed E-state index contributed by atoms with van der Waals surface area (Å²) in [5, 5.41) is 0. The zero-order valence-electron chi connectivity index (χ0n) is 9.80. The number of allylic oxidation sites excluding steroid dienone is 1. The SMILES string of the molecule is C/C(=C/CCCl)[C@]12CCCC[C@H]1CC(=O)O2. The highest BCUT2D eigenvalue weighted by Crippen LogP contribution is 2.48. The number of fused-ring (bicyclic) bond motifs is 1. The van der Waals surface area contributed by atoms with E-state index in [0.29, 0.717) is 18.2 Å². The van der Waals surface area contributed by atoms with Gasteiger partial charge >= 0.3 is 5.97 Å². The molecule has 0 amide bonds. The van der Waals surface area contributed by atoms with E-state index < -0.39 is 0 Å². The van der Waals surface area contributed by atoms with E-state index in [1.54, 1.807) is 0 Å². The quantitative estimate of drug-likeness (QED) is 0.431. The second-order valence-electron chi connectivity index (χ2n) is 4.88. The van der Waals surface area contributed by atoms with Crippen LogP contribution in [0.15, 0.2) is 11.6 Å². The van der Waals surface area contributed by atoms with Gasteiger partial charge in [-0.3, -0.25) is 4.79 Å². The van der Waals surface area contributed by atoms with Crippen molar-refractivity contribution in [2.75, 3.05) is 5.88 Å². The van der Waals surface area contributed by atoms with E-state index in [2.05, 4.69) is 13.0 Å². The second kappa shape index (κ2) is 4.79. The summed E-state index contributed by atoms with van der Waals surface area (Å²) in [7, 11) is 0. The Morgan fingerprint density at radius 2 is 2.44 bits per heavy atom. The summed E-state index contributed by atoms with van der Waals surface area (Å²) in [6.45, 7) is 2.09. The topological polar surface area (TPSA) is 26.3 Å². The van der Waals surface area contributed by atoms with Gasteiger partial charge in [0.2, 0.25) is 0 Å². The number of carbonyl (C=O) groups is 1. The molecule has 0 unspecified atom stereocenters. The first-order valence-electron chi connectivity index (χ1n) is 6.14. The molecule has 16 heavy (non-hydrogen) atoms. The third kappa shape index (κ3) is 2.00. The smallest absolute Gasteiger partial charge is 0.307 e. The molecule has 1 heterocycles. The van der Waals surface area contributed by atoms with Crippen molar-refractivity contribution >= 4 is 17.6 Å². The van der Waals surface area contributed by atoms with E-state index in [-0.39, 0.29) is 11.6 Å². The second-order valence-corrected chi connectivity index (χ2v) is 5.25. The van der Waals surface area contributed by atoms with Crippen LogP contribution in [-0.2, 0) is 9.53 Å². The number of esters is 1. The molecule has 1 aliphatic heterocycles. The minimum Gasteiger partial charge on any atom is -0.454 e. The number of rotatable bonds is 3. The third-order valence-electron chi connectivity index (χ3n) is 3.95. The molecular formula is C13H19ClO2. The summed E-state index contributed by atoms with van der Waals surface area (Å²) in [5.74, 6) is 1.01. The van der Waals surface area contributed by atoms with Crippen LogP contribution in [-0.4, -0.2) is 17.5 Å². The molecule has 1 aliphatic carbocycles. The molecule has 2 nitrogen and oxygen atoms in total. The summed E-state index contributed by atoms with van der Waals surface area (Å²) < 4.78 is 5.66. The molecule has 90 valence electrons. The highest BCUT2D eigenvalue weighted by molar-refractivity contribution is 6.17. The third-order valence-corrected chi connectivity index (χ3v) is 4.16. The van der Waals surface area contributed by atoms with Crippen LogP contribution in [0.25, 0.3) is 0 Å². The Morgan fingerprint density at radius 1 is 1.62 bits per heavy atom. The standard InChI is InChI=1S/C13H19ClO2/c1-10(5-4-8-14)13-7-3-2-6-11(13)9-12(15)16-13/h5,11H,2-4,6-9H2,1H3/b10-5-/t11-,13+/m0/s1. The fourth-order valence-electron chi connectivity index (χ4n) is 3.11. The van der Waals surface area contributed by atoms with Crippen molar-refractivity contribution in [1.29, 1.82) is 0 Å². The Hall–Kier alpha value is -0.500. The van der Waals surface area contributed by atoms with Crippen LogP contribution in [0, 0.1) is 5.92 Å². The Labute approximate surface area is 102 Å². The lowest BCUT2D eigenvalue weighted by atomic mass is 9.71. The van der Waals surface area contributed by atoms with Gasteiger partial charge in [0, 0.05) is 11.8 Å². The molecule has 0 bridgehead atoms. The molecule has 2 aliphatic rings. The number of hydrogen-bond acceptors (Lipinski definition) is 2. The van der Waals surface area contributed by atoms with Gasteiger partial charge in [0.1, 0.15) is 5.60 Å². The Balaban J connectivity index is 2.22. The number of carbonyl (C=O) groups excluding carboxylic acids is 1.